The van der Waals surface area contributed by atoms with Gasteiger partial charge in [0.2, 0.25) is 0 Å². The number of H-pyrrole nitrogens is 1. The van der Waals surface area contributed by atoms with Gasteiger partial charge in [0.05, 0.1) is 7.11 Å². The number of carbonyl (C=O) groups excluding carboxylic acids is 1. The van der Waals surface area contributed by atoms with Gasteiger partial charge in [0.25, 0.3) is 5.91 Å². The Balaban J connectivity index is 1.38. The monoisotopic (exact) mass is 405 g/mol. The van der Waals surface area contributed by atoms with Crippen LogP contribution in [0.25, 0.3) is 10.9 Å². The molecular weight excluding hydrogens is 374 g/mol. The lowest BCUT2D eigenvalue weighted by molar-refractivity contribution is 0.0680. The van der Waals surface area contributed by atoms with Crippen LogP contribution >= 0.6 is 0 Å². The fourth-order valence-electron chi connectivity index (χ4n) is 4.46. The third-order valence-electron chi connectivity index (χ3n) is 6.08. The molecule has 1 aliphatic rings. The summed E-state index contributed by atoms with van der Waals surface area (Å²) in [5, 5.41) is 1.08. The van der Waals surface area contributed by atoms with Gasteiger partial charge in [-0.1, -0.05) is 30.3 Å². The van der Waals surface area contributed by atoms with Crippen molar-refractivity contribution in [3.8, 4) is 5.75 Å². The Hall–Kier alpha value is -2.79. The normalized spacial score (nSPS) is 17.2. The average molecular weight is 406 g/mol. The highest BCUT2D eigenvalue weighted by Gasteiger charge is 2.25. The van der Waals surface area contributed by atoms with Crippen LogP contribution in [0, 0.1) is 5.92 Å². The molecule has 3 aromatic rings. The molecule has 1 amide bonds. The highest BCUT2D eigenvalue weighted by Crippen LogP contribution is 2.22. The van der Waals surface area contributed by atoms with E-state index in [9.17, 15) is 4.79 Å². The summed E-state index contributed by atoms with van der Waals surface area (Å²) in [6.45, 7) is 6.70. The first kappa shape index (κ1) is 20.5. The number of hydrogen-bond acceptors (Lipinski definition) is 3. The Kier molecular flexibility index (Phi) is 6.38. The summed E-state index contributed by atoms with van der Waals surface area (Å²) in [5.41, 5.74) is 3.00. The van der Waals surface area contributed by atoms with Crippen LogP contribution in [0.4, 0.5) is 0 Å². The number of carbonyl (C=O) groups is 1. The first-order chi connectivity index (χ1) is 14.7. The predicted molar refractivity (Wildman–Crippen MR) is 121 cm³/mol. The number of ether oxygens (including phenoxy) is 1. The fourth-order valence-corrected chi connectivity index (χ4v) is 4.46. The number of benzene rings is 2. The van der Waals surface area contributed by atoms with Gasteiger partial charge >= 0.3 is 0 Å². The van der Waals surface area contributed by atoms with Crippen molar-refractivity contribution in [3.63, 3.8) is 0 Å². The molecule has 1 N–H and O–H groups in total. The van der Waals surface area contributed by atoms with Crippen molar-refractivity contribution in [1.29, 1.82) is 0 Å². The van der Waals surface area contributed by atoms with Gasteiger partial charge < -0.3 is 14.6 Å². The van der Waals surface area contributed by atoms with E-state index in [1.54, 1.807) is 7.11 Å². The van der Waals surface area contributed by atoms with E-state index in [0.29, 0.717) is 11.6 Å². The van der Waals surface area contributed by atoms with Gasteiger partial charge in [0.15, 0.2) is 0 Å². The van der Waals surface area contributed by atoms with Crippen molar-refractivity contribution in [2.24, 2.45) is 5.92 Å². The zero-order valence-corrected chi connectivity index (χ0v) is 17.9. The van der Waals surface area contributed by atoms with Gasteiger partial charge in [-0.3, -0.25) is 9.69 Å². The maximum Gasteiger partial charge on any atom is 0.270 e. The van der Waals surface area contributed by atoms with Crippen LogP contribution < -0.4 is 4.74 Å². The number of fused-ring (bicyclic) bond motifs is 1. The molecule has 2 aromatic carbocycles. The minimum absolute atomic E-state index is 0.0981. The molecule has 0 aliphatic carbocycles. The Morgan fingerprint density at radius 3 is 2.73 bits per heavy atom. The summed E-state index contributed by atoms with van der Waals surface area (Å²) in [5.74, 6) is 1.50. The van der Waals surface area contributed by atoms with E-state index < -0.39 is 0 Å². The predicted octanol–water partition coefficient (Wildman–Crippen LogP) is 4.55. The van der Waals surface area contributed by atoms with E-state index in [2.05, 4.69) is 28.9 Å². The topological polar surface area (TPSA) is 48.6 Å². The van der Waals surface area contributed by atoms with Crippen LogP contribution in [0.3, 0.4) is 0 Å². The number of para-hydroxylation sites is 1. The van der Waals surface area contributed by atoms with Crippen LogP contribution in [-0.2, 0) is 6.54 Å². The SMILES string of the molecule is CCN(CC1CCCN(Cc2ccc(OC)cc2)C1)C(=O)c1cc2ccccc2[nH]1. The summed E-state index contributed by atoms with van der Waals surface area (Å²) in [6.07, 6.45) is 2.36. The first-order valence-corrected chi connectivity index (χ1v) is 10.9. The van der Waals surface area contributed by atoms with Crippen LogP contribution in [0.1, 0.15) is 35.8 Å². The standard InChI is InChI=1S/C25H31N3O2/c1-3-28(25(29)24-15-21-8-4-5-9-23(21)26-24)18-20-7-6-14-27(17-20)16-19-10-12-22(30-2)13-11-19/h4-5,8-13,15,20,26H,3,6-7,14,16-18H2,1-2H3. The molecule has 1 unspecified atom stereocenters. The minimum Gasteiger partial charge on any atom is -0.497 e. The van der Waals surface area contributed by atoms with Crippen molar-refractivity contribution in [3.05, 3.63) is 65.9 Å². The molecule has 2 heterocycles. The smallest absolute Gasteiger partial charge is 0.270 e. The number of aromatic nitrogens is 1. The summed E-state index contributed by atoms with van der Waals surface area (Å²) in [6, 6.07) is 18.3. The zero-order chi connectivity index (χ0) is 20.9. The zero-order valence-electron chi connectivity index (χ0n) is 17.9. The van der Waals surface area contributed by atoms with Crippen LogP contribution in [0.2, 0.25) is 0 Å². The number of aromatic amines is 1. The first-order valence-electron chi connectivity index (χ1n) is 10.9. The molecular formula is C25H31N3O2. The summed E-state index contributed by atoms with van der Waals surface area (Å²) in [4.78, 5) is 20.9. The number of rotatable bonds is 7. The number of likely N-dealkylation sites (tertiary alicyclic amines) is 1. The summed E-state index contributed by atoms with van der Waals surface area (Å²) in [7, 11) is 1.70. The maximum atomic E-state index is 13.1. The summed E-state index contributed by atoms with van der Waals surface area (Å²) < 4.78 is 5.26. The number of nitrogens with one attached hydrogen (secondary N) is 1. The van der Waals surface area contributed by atoms with Gasteiger partial charge in [-0.25, -0.2) is 0 Å². The molecule has 1 atom stereocenters. The largest absolute Gasteiger partial charge is 0.497 e. The lowest BCUT2D eigenvalue weighted by Crippen LogP contribution is -2.42. The Morgan fingerprint density at radius 1 is 1.20 bits per heavy atom. The van der Waals surface area contributed by atoms with Gasteiger partial charge in [0, 0.05) is 37.1 Å². The Labute approximate surface area is 178 Å². The second kappa shape index (κ2) is 9.35. The quantitative estimate of drug-likeness (QED) is 0.627. The molecule has 5 heteroatoms. The summed E-state index contributed by atoms with van der Waals surface area (Å²) >= 11 is 0. The van der Waals surface area contributed by atoms with E-state index in [1.807, 2.05) is 47.4 Å². The molecule has 5 nitrogen and oxygen atoms in total. The Morgan fingerprint density at radius 2 is 2.00 bits per heavy atom. The molecule has 1 saturated heterocycles. The van der Waals surface area contributed by atoms with Gasteiger partial charge in [0.1, 0.15) is 11.4 Å². The molecule has 0 bridgehead atoms. The van der Waals surface area contributed by atoms with Crippen molar-refractivity contribution < 1.29 is 9.53 Å². The molecule has 158 valence electrons. The fraction of sp³-hybridized carbons (Fsp3) is 0.400. The third kappa shape index (κ3) is 4.68. The van der Waals surface area contributed by atoms with Gasteiger partial charge in [-0.2, -0.15) is 0 Å². The third-order valence-corrected chi connectivity index (χ3v) is 6.08. The molecule has 1 fully saturated rings. The number of methoxy groups -OCH3 is 1. The highest BCUT2D eigenvalue weighted by molar-refractivity contribution is 5.98. The van der Waals surface area contributed by atoms with Crippen molar-refractivity contribution in [2.75, 3.05) is 33.3 Å². The molecule has 0 spiro atoms. The molecule has 4 rings (SSSR count). The van der Waals surface area contributed by atoms with Crippen LogP contribution in [0.15, 0.2) is 54.6 Å². The average Bonchev–Trinajstić information content (AvgIpc) is 3.22. The van der Waals surface area contributed by atoms with E-state index >= 15 is 0 Å². The molecule has 1 aromatic heterocycles. The van der Waals surface area contributed by atoms with Gasteiger partial charge in [-0.05, 0) is 62.1 Å². The van der Waals surface area contributed by atoms with E-state index in [0.717, 1.165) is 49.4 Å². The van der Waals surface area contributed by atoms with Crippen molar-refractivity contribution >= 4 is 16.8 Å². The van der Waals surface area contributed by atoms with Gasteiger partial charge in [-0.15, -0.1) is 0 Å². The minimum atomic E-state index is 0.0981. The maximum absolute atomic E-state index is 13.1. The molecule has 0 radical (unpaired) electrons. The van der Waals surface area contributed by atoms with E-state index in [4.69, 9.17) is 4.74 Å². The second-order valence-electron chi connectivity index (χ2n) is 8.21. The number of hydrogen-bond donors (Lipinski definition) is 1. The lowest BCUT2D eigenvalue weighted by atomic mass is 9.96. The molecule has 0 saturated carbocycles. The van der Waals surface area contributed by atoms with E-state index in [1.165, 1.54) is 18.4 Å². The van der Waals surface area contributed by atoms with Crippen molar-refractivity contribution in [2.45, 2.75) is 26.3 Å². The molecule has 1 aliphatic heterocycles. The van der Waals surface area contributed by atoms with Crippen LogP contribution in [0.5, 0.6) is 5.75 Å². The lowest BCUT2D eigenvalue weighted by Gasteiger charge is -2.35. The van der Waals surface area contributed by atoms with Crippen LogP contribution in [-0.4, -0.2) is 54.0 Å². The van der Waals surface area contributed by atoms with E-state index in [-0.39, 0.29) is 5.91 Å². The molecule has 30 heavy (non-hydrogen) atoms. The second-order valence-corrected chi connectivity index (χ2v) is 8.21. The highest BCUT2D eigenvalue weighted by atomic mass is 16.5. The Bertz CT molecular complexity index is 946. The number of amides is 1. The number of piperidine rings is 1. The number of nitrogens with zero attached hydrogens (tertiary/aromatic N) is 2. The van der Waals surface area contributed by atoms with Crippen molar-refractivity contribution in [1.82, 2.24) is 14.8 Å².